The third-order valence-electron chi connectivity index (χ3n) is 5.53. The Morgan fingerprint density at radius 2 is 1.70 bits per heavy atom. The number of piperazine rings is 1. The van der Waals surface area contributed by atoms with E-state index < -0.39 is 0 Å². The predicted octanol–water partition coefficient (Wildman–Crippen LogP) is 4.90. The molecule has 0 bridgehead atoms. The zero-order valence-corrected chi connectivity index (χ0v) is 18.9. The average Bonchev–Trinajstić information content (AvgIpc) is 2.70. The van der Waals surface area contributed by atoms with Crippen molar-refractivity contribution in [3.63, 3.8) is 0 Å². The van der Waals surface area contributed by atoms with Crippen LogP contribution in [0.5, 0.6) is 0 Å². The van der Waals surface area contributed by atoms with Gasteiger partial charge in [0.1, 0.15) is 0 Å². The zero-order valence-electron chi connectivity index (χ0n) is 18.2. The number of carbonyl (C=O) groups excluding carboxylic acids is 2. The zero-order chi connectivity index (χ0) is 21.8. The molecule has 2 aromatic rings. The van der Waals surface area contributed by atoms with Crippen molar-refractivity contribution in [1.82, 2.24) is 4.90 Å². The molecule has 2 aromatic carbocycles. The number of amides is 2. The molecule has 0 aromatic heterocycles. The number of benzene rings is 2. The first-order valence-electron chi connectivity index (χ1n) is 10.5. The summed E-state index contributed by atoms with van der Waals surface area (Å²) in [4.78, 5) is 28.9. The molecular weight excluding hydrogens is 398 g/mol. The molecule has 1 saturated heterocycles. The van der Waals surface area contributed by atoms with Gasteiger partial charge in [0.05, 0.1) is 10.7 Å². The second-order valence-electron chi connectivity index (χ2n) is 8.39. The van der Waals surface area contributed by atoms with Crippen LogP contribution in [0.25, 0.3) is 0 Å². The van der Waals surface area contributed by atoms with Crippen molar-refractivity contribution < 1.29 is 9.59 Å². The van der Waals surface area contributed by atoms with Crippen molar-refractivity contribution in [2.75, 3.05) is 36.4 Å². The van der Waals surface area contributed by atoms with E-state index in [0.29, 0.717) is 41.7 Å². The fourth-order valence-corrected chi connectivity index (χ4v) is 3.90. The molecule has 1 aliphatic heterocycles. The number of nitrogens with one attached hydrogen (secondary N) is 1. The van der Waals surface area contributed by atoms with Crippen LogP contribution in [-0.4, -0.2) is 42.9 Å². The van der Waals surface area contributed by atoms with Gasteiger partial charge in [-0.05, 0) is 61.2 Å². The van der Waals surface area contributed by atoms with Crippen LogP contribution in [0.15, 0.2) is 36.4 Å². The van der Waals surface area contributed by atoms with Gasteiger partial charge < -0.3 is 15.1 Å². The highest BCUT2D eigenvalue weighted by molar-refractivity contribution is 6.33. The van der Waals surface area contributed by atoms with Crippen LogP contribution >= 0.6 is 11.6 Å². The summed E-state index contributed by atoms with van der Waals surface area (Å²) in [6.45, 7) is 11.0. The first kappa shape index (κ1) is 22.2. The van der Waals surface area contributed by atoms with Gasteiger partial charge in [-0.2, -0.15) is 0 Å². The molecule has 5 nitrogen and oxygen atoms in total. The van der Waals surface area contributed by atoms with Gasteiger partial charge in [-0.3, -0.25) is 9.59 Å². The third-order valence-corrected chi connectivity index (χ3v) is 5.83. The molecule has 0 unspecified atom stereocenters. The highest BCUT2D eigenvalue weighted by Crippen LogP contribution is 2.30. The lowest BCUT2D eigenvalue weighted by molar-refractivity contribution is -0.132. The van der Waals surface area contributed by atoms with E-state index in [0.717, 1.165) is 29.9 Å². The minimum atomic E-state index is -0.154. The van der Waals surface area contributed by atoms with Gasteiger partial charge in [0.25, 0.3) is 5.91 Å². The number of anilines is 2. The summed E-state index contributed by atoms with van der Waals surface area (Å²) in [5, 5.41) is 3.51. The van der Waals surface area contributed by atoms with Crippen molar-refractivity contribution in [3.05, 3.63) is 58.1 Å². The van der Waals surface area contributed by atoms with Crippen LogP contribution in [0, 0.1) is 19.8 Å². The SMILES string of the molecule is Cc1ccc(C(=O)Nc2ccc(N3CCN(C(=O)CC(C)C)CC3)c(Cl)c2)cc1C. The van der Waals surface area contributed by atoms with Gasteiger partial charge >= 0.3 is 0 Å². The molecule has 0 aliphatic carbocycles. The maximum absolute atomic E-state index is 12.5. The number of rotatable bonds is 5. The van der Waals surface area contributed by atoms with Crippen LogP contribution < -0.4 is 10.2 Å². The number of nitrogens with zero attached hydrogens (tertiary/aromatic N) is 2. The predicted molar refractivity (Wildman–Crippen MR) is 124 cm³/mol. The normalized spacial score (nSPS) is 14.2. The van der Waals surface area contributed by atoms with Crippen LogP contribution in [0.4, 0.5) is 11.4 Å². The van der Waals surface area contributed by atoms with E-state index in [1.165, 1.54) is 0 Å². The van der Waals surface area contributed by atoms with Gasteiger partial charge in [0.2, 0.25) is 5.91 Å². The number of aryl methyl sites for hydroxylation is 2. The second kappa shape index (κ2) is 9.52. The van der Waals surface area contributed by atoms with Crippen LogP contribution in [0.3, 0.4) is 0 Å². The summed E-state index contributed by atoms with van der Waals surface area (Å²) in [5.74, 6) is 0.441. The quantitative estimate of drug-likeness (QED) is 0.738. The van der Waals surface area contributed by atoms with E-state index >= 15 is 0 Å². The third kappa shape index (κ3) is 5.33. The summed E-state index contributed by atoms with van der Waals surface area (Å²) in [5.41, 5.74) is 4.46. The Labute approximate surface area is 184 Å². The largest absolute Gasteiger partial charge is 0.367 e. The number of carbonyl (C=O) groups is 2. The second-order valence-corrected chi connectivity index (χ2v) is 8.79. The molecule has 6 heteroatoms. The maximum atomic E-state index is 12.5. The molecule has 0 atom stereocenters. The molecule has 3 rings (SSSR count). The number of hydrogen-bond acceptors (Lipinski definition) is 3. The van der Waals surface area contributed by atoms with Crippen LogP contribution in [-0.2, 0) is 4.79 Å². The molecule has 1 aliphatic rings. The molecule has 1 heterocycles. The summed E-state index contributed by atoms with van der Waals surface area (Å²) >= 11 is 6.53. The highest BCUT2D eigenvalue weighted by Gasteiger charge is 2.23. The molecule has 1 N–H and O–H groups in total. The molecule has 0 radical (unpaired) electrons. The maximum Gasteiger partial charge on any atom is 0.255 e. The van der Waals surface area contributed by atoms with E-state index in [1.807, 2.05) is 49.1 Å². The first-order chi connectivity index (χ1) is 14.2. The van der Waals surface area contributed by atoms with E-state index in [9.17, 15) is 9.59 Å². The molecule has 2 amide bonds. The lowest BCUT2D eigenvalue weighted by Gasteiger charge is -2.36. The lowest BCUT2D eigenvalue weighted by atomic mass is 10.1. The molecular formula is C24H30ClN3O2. The van der Waals surface area contributed by atoms with E-state index in [4.69, 9.17) is 11.6 Å². The van der Waals surface area contributed by atoms with E-state index in [-0.39, 0.29) is 11.8 Å². The Kier molecular flexibility index (Phi) is 7.03. The Bertz CT molecular complexity index is 934. The van der Waals surface area contributed by atoms with Gasteiger partial charge in [-0.15, -0.1) is 0 Å². The standard InChI is InChI=1S/C24H30ClN3O2/c1-16(2)13-23(29)28-11-9-27(10-12-28)22-8-7-20(15-21(22)25)26-24(30)19-6-5-17(3)18(4)14-19/h5-8,14-16H,9-13H2,1-4H3,(H,26,30). The molecule has 160 valence electrons. The summed E-state index contributed by atoms with van der Waals surface area (Å²) in [6.07, 6.45) is 0.593. The number of hydrogen-bond donors (Lipinski definition) is 1. The van der Waals surface area contributed by atoms with E-state index in [2.05, 4.69) is 24.1 Å². The van der Waals surface area contributed by atoms with Crippen molar-refractivity contribution in [2.45, 2.75) is 34.1 Å². The smallest absolute Gasteiger partial charge is 0.255 e. The molecule has 0 spiro atoms. The van der Waals surface area contributed by atoms with Crippen molar-refractivity contribution >= 4 is 34.8 Å². The van der Waals surface area contributed by atoms with Gasteiger partial charge in [-0.1, -0.05) is 31.5 Å². The van der Waals surface area contributed by atoms with Crippen molar-refractivity contribution in [2.24, 2.45) is 5.92 Å². The topological polar surface area (TPSA) is 52.7 Å². The summed E-state index contributed by atoms with van der Waals surface area (Å²) in [6, 6.07) is 11.3. The van der Waals surface area contributed by atoms with Gasteiger partial charge in [0.15, 0.2) is 0 Å². The first-order valence-corrected chi connectivity index (χ1v) is 10.8. The minimum absolute atomic E-state index is 0.154. The molecule has 30 heavy (non-hydrogen) atoms. The van der Waals surface area contributed by atoms with E-state index in [1.54, 1.807) is 6.07 Å². The Balaban J connectivity index is 1.62. The summed E-state index contributed by atoms with van der Waals surface area (Å²) in [7, 11) is 0. The number of halogens is 1. The fraction of sp³-hybridized carbons (Fsp3) is 0.417. The Morgan fingerprint density at radius 1 is 1.00 bits per heavy atom. The highest BCUT2D eigenvalue weighted by atomic mass is 35.5. The monoisotopic (exact) mass is 427 g/mol. The lowest BCUT2D eigenvalue weighted by Crippen LogP contribution is -2.49. The molecule has 0 saturated carbocycles. The van der Waals surface area contributed by atoms with Crippen molar-refractivity contribution in [1.29, 1.82) is 0 Å². The van der Waals surface area contributed by atoms with Gasteiger partial charge in [0, 0.05) is 43.9 Å². The molecule has 1 fully saturated rings. The average molecular weight is 428 g/mol. The Morgan fingerprint density at radius 3 is 2.30 bits per heavy atom. The van der Waals surface area contributed by atoms with Crippen LogP contribution in [0.1, 0.15) is 41.8 Å². The van der Waals surface area contributed by atoms with Gasteiger partial charge in [-0.25, -0.2) is 0 Å². The van der Waals surface area contributed by atoms with Crippen LogP contribution in [0.2, 0.25) is 5.02 Å². The summed E-state index contributed by atoms with van der Waals surface area (Å²) < 4.78 is 0. The Hall–Kier alpha value is -2.53. The fourth-order valence-electron chi connectivity index (χ4n) is 3.60. The van der Waals surface area contributed by atoms with Crippen molar-refractivity contribution in [3.8, 4) is 0 Å². The minimum Gasteiger partial charge on any atom is -0.367 e.